The molecular formula is C14H15Cl2N3O2. The van der Waals surface area contributed by atoms with Crippen molar-refractivity contribution in [2.24, 2.45) is 7.05 Å². The van der Waals surface area contributed by atoms with Crippen molar-refractivity contribution >= 4 is 34.9 Å². The van der Waals surface area contributed by atoms with Crippen LogP contribution in [0.4, 0.5) is 5.69 Å². The Bertz CT molecular complexity index is 670. The molecule has 1 aromatic carbocycles. The molecule has 5 nitrogen and oxygen atoms in total. The standard InChI is InChI=1S/C14H15Cl2N3O2/c1-9-14(16)12(18(2)17-9)7-19(8-13(20)21)11-5-3-4-10(15)6-11/h3-6H,7-8H2,1-2H3,(H,20,21). The van der Waals surface area contributed by atoms with Gasteiger partial charge in [-0.3, -0.25) is 9.48 Å². The summed E-state index contributed by atoms with van der Waals surface area (Å²) in [5.74, 6) is -0.926. The van der Waals surface area contributed by atoms with Gasteiger partial charge in [0.15, 0.2) is 0 Å². The Balaban J connectivity index is 2.35. The zero-order valence-corrected chi connectivity index (χ0v) is 13.2. The van der Waals surface area contributed by atoms with Gasteiger partial charge in [0, 0.05) is 17.8 Å². The summed E-state index contributed by atoms with van der Waals surface area (Å²) in [5, 5.41) is 14.4. The highest BCUT2D eigenvalue weighted by molar-refractivity contribution is 6.32. The summed E-state index contributed by atoms with van der Waals surface area (Å²) in [6, 6.07) is 7.06. The molecule has 0 amide bonds. The van der Waals surface area contributed by atoms with Gasteiger partial charge in [0.1, 0.15) is 6.54 Å². The molecule has 0 fully saturated rings. The molecule has 21 heavy (non-hydrogen) atoms. The van der Waals surface area contributed by atoms with Crippen molar-refractivity contribution < 1.29 is 9.90 Å². The SMILES string of the molecule is Cc1nn(C)c(CN(CC(=O)O)c2cccc(Cl)c2)c1Cl. The van der Waals surface area contributed by atoms with Crippen LogP contribution in [0.2, 0.25) is 10.0 Å². The molecule has 0 radical (unpaired) electrons. The Morgan fingerprint density at radius 2 is 2.14 bits per heavy atom. The predicted molar refractivity (Wildman–Crippen MR) is 83.1 cm³/mol. The summed E-state index contributed by atoms with van der Waals surface area (Å²) in [5.41, 5.74) is 2.20. The molecule has 0 aliphatic rings. The fourth-order valence-corrected chi connectivity index (χ4v) is 2.51. The quantitative estimate of drug-likeness (QED) is 0.916. The average molecular weight is 328 g/mol. The van der Waals surface area contributed by atoms with Gasteiger partial charge in [0.05, 0.1) is 23.0 Å². The van der Waals surface area contributed by atoms with Gasteiger partial charge in [-0.1, -0.05) is 29.3 Å². The highest BCUT2D eigenvalue weighted by Gasteiger charge is 2.18. The summed E-state index contributed by atoms with van der Waals surface area (Å²) in [4.78, 5) is 12.8. The van der Waals surface area contributed by atoms with Crippen LogP contribution in [0.25, 0.3) is 0 Å². The first-order valence-electron chi connectivity index (χ1n) is 6.28. The normalized spacial score (nSPS) is 10.7. The summed E-state index contributed by atoms with van der Waals surface area (Å²) in [6.45, 7) is 2.00. The predicted octanol–water partition coefficient (Wildman–Crippen LogP) is 3.13. The van der Waals surface area contributed by atoms with E-state index in [-0.39, 0.29) is 6.54 Å². The number of halogens is 2. The van der Waals surface area contributed by atoms with Crippen LogP contribution in [0, 0.1) is 6.92 Å². The first kappa shape index (κ1) is 15.7. The molecule has 7 heteroatoms. The lowest BCUT2D eigenvalue weighted by molar-refractivity contribution is -0.135. The number of aromatic nitrogens is 2. The van der Waals surface area contributed by atoms with Crippen molar-refractivity contribution in [1.29, 1.82) is 0 Å². The fourth-order valence-electron chi connectivity index (χ4n) is 2.11. The molecule has 2 aromatic rings. The molecule has 0 saturated heterocycles. The second-order valence-corrected chi connectivity index (χ2v) is 5.51. The number of rotatable bonds is 5. The third-order valence-electron chi connectivity index (χ3n) is 3.10. The summed E-state index contributed by atoms with van der Waals surface area (Å²) >= 11 is 12.2. The number of nitrogens with zero attached hydrogens (tertiary/aromatic N) is 3. The minimum atomic E-state index is -0.926. The number of carbonyl (C=O) groups is 1. The van der Waals surface area contributed by atoms with Gasteiger partial charge in [0.25, 0.3) is 0 Å². The Morgan fingerprint density at radius 3 is 2.67 bits per heavy atom. The molecule has 0 aliphatic carbocycles. The molecule has 1 N–H and O–H groups in total. The van der Waals surface area contributed by atoms with E-state index in [1.165, 1.54) is 0 Å². The molecule has 0 aliphatic heterocycles. The van der Waals surface area contributed by atoms with E-state index in [0.29, 0.717) is 16.6 Å². The van der Waals surface area contributed by atoms with E-state index in [1.54, 1.807) is 34.8 Å². The zero-order valence-electron chi connectivity index (χ0n) is 11.7. The number of carboxylic acids is 1. The Morgan fingerprint density at radius 1 is 1.43 bits per heavy atom. The molecule has 0 bridgehead atoms. The van der Waals surface area contributed by atoms with E-state index in [4.69, 9.17) is 28.3 Å². The number of anilines is 1. The molecule has 2 rings (SSSR count). The minimum absolute atomic E-state index is 0.152. The van der Waals surface area contributed by atoms with Gasteiger partial charge in [0.2, 0.25) is 0 Å². The van der Waals surface area contributed by atoms with Crippen molar-refractivity contribution in [2.45, 2.75) is 13.5 Å². The average Bonchev–Trinajstić information content (AvgIpc) is 2.64. The lowest BCUT2D eigenvalue weighted by Gasteiger charge is -2.23. The summed E-state index contributed by atoms with van der Waals surface area (Å²) in [6.07, 6.45) is 0. The van der Waals surface area contributed by atoms with Crippen LogP contribution >= 0.6 is 23.2 Å². The Hall–Kier alpha value is -1.72. The fraction of sp³-hybridized carbons (Fsp3) is 0.286. The smallest absolute Gasteiger partial charge is 0.323 e. The van der Waals surface area contributed by atoms with Gasteiger partial charge in [-0.05, 0) is 25.1 Å². The van der Waals surface area contributed by atoms with E-state index in [1.807, 2.05) is 13.0 Å². The molecule has 0 unspecified atom stereocenters. The topological polar surface area (TPSA) is 58.4 Å². The first-order chi connectivity index (χ1) is 9.88. The van der Waals surface area contributed by atoms with Gasteiger partial charge < -0.3 is 10.0 Å². The molecule has 0 saturated carbocycles. The maximum Gasteiger partial charge on any atom is 0.323 e. The highest BCUT2D eigenvalue weighted by atomic mass is 35.5. The lowest BCUT2D eigenvalue weighted by Crippen LogP contribution is -2.30. The third-order valence-corrected chi connectivity index (χ3v) is 3.83. The van der Waals surface area contributed by atoms with E-state index in [2.05, 4.69) is 5.10 Å². The van der Waals surface area contributed by atoms with Gasteiger partial charge >= 0.3 is 5.97 Å². The zero-order chi connectivity index (χ0) is 15.6. The minimum Gasteiger partial charge on any atom is -0.480 e. The van der Waals surface area contributed by atoms with Crippen LogP contribution in [0.3, 0.4) is 0 Å². The Kier molecular flexibility index (Phi) is 4.75. The van der Waals surface area contributed by atoms with E-state index in [9.17, 15) is 4.79 Å². The number of carboxylic acid groups (broad SMARTS) is 1. The van der Waals surface area contributed by atoms with Crippen molar-refractivity contribution in [1.82, 2.24) is 9.78 Å². The van der Waals surface area contributed by atoms with E-state index >= 15 is 0 Å². The van der Waals surface area contributed by atoms with Crippen molar-refractivity contribution in [3.05, 3.63) is 45.7 Å². The largest absolute Gasteiger partial charge is 0.480 e. The maximum atomic E-state index is 11.1. The highest BCUT2D eigenvalue weighted by Crippen LogP contribution is 2.25. The molecule has 1 heterocycles. The first-order valence-corrected chi connectivity index (χ1v) is 7.04. The van der Waals surface area contributed by atoms with Gasteiger partial charge in [-0.25, -0.2) is 0 Å². The monoisotopic (exact) mass is 327 g/mol. The van der Waals surface area contributed by atoms with Crippen molar-refractivity contribution in [2.75, 3.05) is 11.4 Å². The van der Waals surface area contributed by atoms with Gasteiger partial charge in [-0.15, -0.1) is 0 Å². The van der Waals surface area contributed by atoms with Crippen LogP contribution in [0.1, 0.15) is 11.4 Å². The van der Waals surface area contributed by atoms with Crippen LogP contribution in [-0.2, 0) is 18.4 Å². The molecular weight excluding hydrogens is 313 g/mol. The number of aliphatic carboxylic acids is 1. The van der Waals surface area contributed by atoms with Crippen molar-refractivity contribution in [3.63, 3.8) is 0 Å². The van der Waals surface area contributed by atoms with Crippen LogP contribution in [0.5, 0.6) is 0 Å². The Labute approximate surface area is 132 Å². The molecule has 1 aromatic heterocycles. The number of aryl methyl sites for hydroxylation is 2. The van der Waals surface area contributed by atoms with E-state index in [0.717, 1.165) is 17.1 Å². The maximum absolute atomic E-state index is 11.1. The van der Waals surface area contributed by atoms with Crippen LogP contribution in [-0.4, -0.2) is 27.4 Å². The second-order valence-electron chi connectivity index (χ2n) is 4.70. The lowest BCUT2D eigenvalue weighted by atomic mass is 10.2. The van der Waals surface area contributed by atoms with E-state index < -0.39 is 5.97 Å². The number of benzene rings is 1. The van der Waals surface area contributed by atoms with Gasteiger partial charge in [-0.2, -0.15) is 5.10 Å². The molecule has 112 valence electrons. The third kappa shape index (κ3) is 3.68. The number of hydrogen-bond donors (Lipinski definition) is 1. The molecule has 0 spiro atoms. The number of hydrogen-bond acceptors (Lipinski definition) is 3. The summed E-state index contributed by atoms with van der Waals surface area (Å²) in [7, 11) is 1.78. The second kappa shape index (κ2) is 6.37. The van der Waals surface area contributed by atoms with Crippen LogP contribution < -0.4 is 4.90 Å². The molecule has 0 atom stereocenters. The van der Waals surface area contributed by atoms with Crippen LogP contribution in [0.15, 0.2) is 24.3 Å². The summed E-state index contributed by atoms with van der Waals surface area (Å²) < 4.78 is 1.66. The van der Waals surface area contributed by atoms with Crippen molar-refractivity contribution in [3.8, 4) is 0 Å².